The highest BCUT2D eigenvalue weighted by Gasteiger charge is 2.39. The predicted octanol–water partition coefficient (Wildman–Crippen LogP) is -3.48. The number of nitrogens with two attached hydrogens (primary N) is 2. The van der Waals surface area contributed by atoms with Gasteiger partial charge >= 0.3 is 5.97 Å². The van der Waals surface area contributed by atoms with E-state index in [2.05, 4.69) is 31.9 Å². The molecule has 0 aromatic carbocycles. The molecule has 0 saturated carbocycles. The Kier molecular flexibility index (Phi) is 19.6. The summed E-state index contributed by atoms with van der Waals surface area (Å²) in [6.45, 7) is 5.44. The summed E-state index contributed by atoms with van der Waals surface area (Å²) in [6, 6.07) is -5.71. The molecule has 1 aliphatic heterocycles. The number of carboxylic acid groups (broad SMARTS) is 1. The predicted molar refractivity (Wildman–Crippen MR) is 186 cm³/mol. The highest BCUT2D eigenvalue weighted by atomic mass is 32.2. The van der Waals surface area contributed by atoms with Crippen LogP contribution in [0.3, 0.4) is 0 Å². The van der Waals surface area contributed by atoms with Crippen molar-refractivity contribution in [2.75, 3.05) is 38.2 Å². The number of likely N-dealkylation sites (tertiary alicyclic amines) is 1. The fourth-order valence-corrected chi connectivity index (χ4v) is 5.63. The molecule has 1 rings (SSSR count). The molecule has 1 heterocycles. The molecule has 1 aliphatic rings. The molecule has 0 aromatic rings. The molecule has 51 heavy (non-hydrogen) atoms. The van der Waals surface area contributed by atoms with Gasteiger partial charge in [-0.05, 0) is 49.5 Å². The number of hydrogen-bond donors (Lipinski definition) is 9. The van der Waals surface area contributed by atoms with Crippen molar-refractivity contribution in [3.8, 4) is 0 Å². The van der Waals surface area contributed by atoms with Crippen molar-refractivity contribution in [3.63, 3.8) is 0 Å². The number of primary amides is 1. The van der Waals surface area contributed by atoms with Crippen LogP contribution in [0.25, 0.3) is 0 Å². The molecule has 0 spiro atoms. The molecule has 20 heteroatoms. The lowest BCUT2D eigenvalue weighted by atomic mass is 10.00. The smallest absolute Gasteiger partial charge is 0.322 e. The second-order valence-electron chi connectivity index (χ2n) is 12.7. The van der Waals surface area contributed by atoms with Crippen LogP contribution in [-0.2, 0) is 43.2 Å². The van der Waals surface area contributed by atoms with E-state index in [1.807, 2.05) is 0 Å². The van der Waals surface area contributed by atoms with Crippen LogP contribution in [0.1, 0.15) is 59.8 Å². The summed E-state index contributed by atoms with van der Waals surface area (Å²) in [5.41, 5.74) is 10.6. The van der Waals surface area contributed by atoms with Gasteiger partial charge in [0.1, 0.15) is 36.8 Å². The van der Waals surface area contributed by atoms with Crippen LogP contribution in [0.2, 0.25) is 0 Å². The first-order valence-corrected chi connectivity index (χ1v) is 18.1. The molecule has 1 fully saturated rings. The van der Waals surface area contributed by atoms with Crippen LogP contribution in [0, 0.1) is 11.8 Å². The normalized spacial score (nSPS) is 16.3. The van der Waals surface area contributed by atoms with Crippen molar-refractivity contribution >= 4 is 65.0 Å². The Hall–Kier alpha value is -4.46. The minimum absolute atomic E-state index is 0.147. The van der Waals surface area contributed by atoms with Gasteiger partial charge in [0.25, 0.3) is 0 Å². The van der Waals surface area contributed by atoms with Gasteiger partial charge in [-0.2, -0.15) is 11.8 Å². The van der Waals surface area contributed by atoms with Crippen LogP contribution >= 0.6 is 11.8 Å². The van der Waals surface area contributed by atoms with E-state index in [1.165, 1.54) is 16.7 Å². The van der Waals surface area contributed by atoms with E-state index in [1.54, 1.807) is 34.0 Å². The van der Waals surface area contributed by atoms with E-state index < -0.39 is 108 Å². The van der Waals surface area contributed by atoms with Gasteiger partial charge in [-0.15, -0.1) is 0 Å². The molecule has 8 amide bonds. The van der Waals surface area contributed by atoms with Gasteiger partial charge in [-0.3, -0.25) is 43.2 Å². The second-order valence-corrected chi connectivity index (χ2v) is 13.7. The highest BCUT2D eigenvalue weighted by molar-refractivity contribution is 7.98. The van der Waals surface area contributed by atoms with Gasteiger partial charge in [-0.1, -0.05) is 27.7 Å². The summed E-state index contributed by atoms with van der Waals surface area (Å²) in [4.78, 5) is 115. The summed E-state index contributed by atoms with van der Waals surface area (Å²) in [5.74, 6) is -7.19. The molecule has 1 saturated heterocycles. The fraction of sp³-hybridized carbons (Fsp3) is 0.710. The molecular weight excluding hydrogens is 690 g/mol. The molecule has 0 unspecified atom stereocenters. The Labute approximate surface area is 301 Å². The number of hydrogen-bond acceptors (Lipinski definition) is 11. The number of carbonyl (C=O) groups is 9. The Balaban J connectivity index is 3.17. The number of nitrogens with one attached hydrogen (secondary N) is 6. The zero-order valence-corrected chi connectivity index (χ0v) is 30.6. The summed E-state index contributed by atoms with van der Waals surface area (Å²) in [5, 5.41) is 23.9. The molecule has 11 N–H and O–H groups in total. The maximum absolute atomic E-state index is 13.7. The lowest BCUT2D eigenvalue weighted by Gasteiger charge is -2.31. The van der Waals surface area contributed by atoms with E-state index in [-0.39, 0.29) is 38.8 Å². The number of carboxylic acids is 1. The largest absolute Gasteiger partial charge is 0.480 e. The first-order chi connectivity index (χ1) is 23.9. The number of thioether (sulfide) groups is 1. The fourth-order valence-electron chi connectivity index (χ4n) is 5.15. The van der Waals surface area contributed by atoms with Crippen molar-refractivity contribution in [1.82, 2.24) is 36.8 Å². The van der Waals surface area contributed by atoms with Crippen molar-refractivity contribution in [1.29, 1.82) is 0 Å². The Morgan fingerprint density at radius 2 is 1.37 bits per heavy atom. The zero-order valence-electron chi connectivity index (χ0n) is 29.7. The molecule has 0 aliphatic carbocycles. The Bertz CT molecular complexity index is 1280. The average molecular weight is 744 g/mol. The molecule has 0 aromatic heterocycles. The Morgan fingerprint density at radius 3 is 1.90 bits per heavy atom. The van der Waals surface area contributed by atoms with Crippen LogP contribution in [0.15, 0.2) is 0 Å². The van der Waals surface area contributed by atoms with Crippen LogP contribution in [0.4, 0.5) is 0 Å². The molecule has 5 atom stereocenters. The quantitative estimate of drug-likeness (QED) is 0.0523. The van der Waals surface area contributed by atoms with E-state index in [0.717, 1.165) is 0 Å². The van der Waals surface area contributed by atoms with Crippen LogP contribution in [-0.4, -0.2) is 132 Å². The third-order valence-corrected chi connectivity index (χ3v) is 8.58. The molecular formula is C31H53N9O10S. The second kappa shape index (κ2) is 22.4. The number of aliphatic carboxylic acids is 1. The number of rotatable bonds is 22. The first-order valence-electron chi connectivity index (χ1n) is 16.7. The average Bonchev–Trinajstić information content (AvgIpc) is 3.56. The zero-order chi connectivity index (χ0) is 38.8. The topological polar surface area (TPSA) is 301 Å². The molecule has 19 nitrogen and oxygen atoms in total. The van der Waals surface area contributed by atoms with Gasteiger partial charge in [0.15, 0.2) is 0 Å². The van der Waals surface area contributed by atoms with E-state index >= 15 is 0 Å². The molecule has 288 valence electrons. The van der Waals surface area contributed by atoms with Gasteiger partial charge < -0.3 is 53.4 Å². The molecule has 0 radical (unpaired) electrons. The van der Waals surface area contributed by atoms with E-state index in [0.29, 0.717) is 12.2 Å². The third-order valence-electron chi connectivity index (χ3n) is 7.93. The van der Waals surface area contributed by atoms with Crippen molar-refractivity contribution in [2.45, 2.75) is 90.0 Å². The maximum atomic E-state index is 13.7. The first kappa shape index (κ1) is 44.6. The SMILES string of the molecule is CSCC[C@H](NC(=O)[C@@H](NC(=O)CNC(=O)CN)C(C)C)C(=O)N[C@H](C(=O)N[C@@H](CCC(N)=O)C(=O)N1CCC[C@H]1C(=O)NCC(=O)O)C(C)C. The van der Waals surface area contributed by atoms with Gasteiger partial charge in [0, 0.05) is 13.0 Å². The van der Waals surface area contributed by atoms with E-state index in [9.17, 15) is 43.2 Å². The van der Waals surface area contributed by atoms with Gasteiger partial charge in [0.05, 0.1) is 13.1 Å². The third kappa shape index (κ3) is 15.5. The number of nitrogens with zero attached hydrogens (tertiary/aromatic N) is 1. The van der Waals surface area contributed by atoms with Crippen molar-refractivity contribution in [3.05, 3.63) is 0 Å². The summed E-state index contributed by atoms with van der Waals surface area (Å²) >= 11 is 1.41. The maximum Gasteiger partial charge on any atom is 0.322 e. The lowest BCUT2D eigenvalue weighted by Crippen LogP contribution is -2.60. The minimum Gasteiger partial charge on any atom is -0.480 e. The van der Waals surface area contributed by atoms with Crippen molar-refractivity contribution < 1.29 is 48.3 Å². The monoisotopic (exact) mass is 743 g/mol. The van der Waals surface area contributed by atoms with Crippen molar-refractivity contribution in [2.24, 2.45) is 23.3 Å². The van der Waals surface area contributed by atoms with Crippen LogP contribution in [0.5, 0.6) is 0 Å². The Morgan fingerprint density at radius 1 is 0.784 bits per heavy atom. The number of amides is 8. The van der Waals surface area contributed by atoms with E-state index in [4.69, 9.17) is 16.6 Å². The van der Waals surface area contributed by atoms with Crippen LogP contribution < -0.4 is 43.4 Å². The highest BCUT2D eigenvalue weighted by Crippen LogP contribution is 2.20. The van der Waals surface area contributed by atoms with Gasteiger partial charge in [0.2, 0.25) is 47.3 Å². The van der Waals surface area contributed by atoms with Gasteiger partial charge in [-0.25, -0.2) is 0 Å². The number of carbonyl (C=O) groups excluding carboxylic acids is 8. The standard InChI is InChI=1S/C31H53N9O10S/c1-16(2)25(38-23(43)14-34-22(42)13-32)29(48)36-18(10-12-51-5)27(46)39-26(17(3)4)30(49)37-19(8-9-21(33)41)31(50)40-11-6-7-20(40)28(47)35-15-24(44)45/h16-20,25-26H,6-15,32H2,1-5H3,(H2,33,41)(H,34,42)(H,35,47)(H,36,48)(H,37,49)(H,38,43)(H,39,46)(H,44,45)/t18-,19-,20-,25-,26-/m0/s1. The lowest BCUT2D eigenvalue weighted by molar-refractivity contribution is -0.143. The molecule has 0 bridgehead atoms. The summed E-state index contributed by atoms with van der Waals surface area (Å²) < 4.78 is 0. The minimum atomic E-state index is -1.31. The summed E-state index contributed by atoms with van der Waals surface area (Å²) in [6.07, 6.45) is 2.17. The summed E-state index contributed by atoms with van der Waals surface area (Å²) in [7, 11) is 0.